The minimum atomic E-state index is -3.16. The van der Waals surface area contributed by atoms with Crippen molar-refractivity contribution in [2.24, 2.45) is 0 Å². The SMILES string of the molecule is CS(=O)(=O)N1CCN(Cc2ccc(NC(=O)c3cc(C(=O)O)ccc3-c3ccccc3)cc2)CC1. The maximum atomic E-state index is 13.1. The molecule has 1 heterocycles. The standard InChI is InChI=1S/C26H27N3O5S/c1-35(33,34)29-15-13-28(14-16-29)18-19-7-10-22(11-8-19)27-25(30)24-17-21(26(31)32)9-12-23(24)20-5-3-2-4-6-20/h2-12,17H,13-16,18H2,1H3,(H,27,30)(H,31,32). The molecule has 3 aromatic rings. The Kier molecular flexibility index (Phi) is 7.30. The van der Waals surface area contributed by atoms with E-state index in [4.69, 9.17) is 0 Å². The third-order valence-corrected chi connectivity index (χ3v) is 7.32. The van der Waals surface area contributed by atoms with Crippen LogP contribution in [0.5, 0.6) is 0 Å². The molecule has 0 aromatic heterocycles. The molecule has 0 spiro atoms. The number of hydrogen-bond acceptors (Lipinski definition) is 5. The summed E-state index contributed by atoms with van der Waals surface area (Å²) < 4.78 is 24.8. The van der Waals surface area contributed by atoms with Crippen molar-refractivity contribution in [2.45, 2.75) is 6.54 Å². The maximum absolute atomic E-state index is 13.1. The van der Waals surface area contributed by atoms with Gasteiger partial charge in [-0.1, -0.05) is 48.5 Å². The van der Waals surface area contributed by atoms with E-state index in [0.717, 1.165) is 11.1 Å². The number of anilines is 1. The first-order chi connectivity index (χ1) is 16.7. The number of rotatable bonds is 7. The molecule has 35 heavy (non-hydrogen) atoms. The summed E-state index contributed by atoms with van der Waals surface area (Å²) in [7, 11) is -3.16. The summed E-state index contributed by atoms with van der Waals surface area (Å²) in [5.41, 5.74) is 3.44. The number of benzene rings is 3. The fourth-order valence-electron chi connectivity index (χ4n) is 4.10. The highest BCUT2D eigenvalue weighted by molar-refractivity contribution is 7.88. The monoisotopic (exact) mass is 493 g/mol. The fourth-order valence-corrected chi connectivity index (χ4v) is 4.93. The molecule has 182 valence electrons. The third-order valence-electron chi connectivity index (χ3n) is 6.01. The largest absolute Gasteiger partial charge is 0.478 e. The van der Waals surface area contributed by atoms with Crippen molar-refractivity contribution in [1.29, 1.82) is 0 Å². The Morgan fingerprint density at radius 3 is 2.17 bits per heavy atom. The zero-order valence-electron chi connectivity index (χ0n) is 19.3. The number of carboxylic acid groups (broad SMARTS) is 1. The van der Waals surface area contributed by atoms with E-state index in [1.54, 1.807) is 6.07 Å². The Balaban J connectivity index is 1.45. The number of amides is 1. The van der Waals surface area contributed by atoms with Crippen LogP contribution in [0.25, 0.3) is 11.1 Å². The highest BCUT2D eigenvalue weighted by atomic mass is 32.2. The van der Waals surface area contributed by atoms with Crippen molar-refractivity contribution in [1.82, 2.24) is 9.21 Å². The number of piperazine rings is 1. The number of sulfonamides is 1. The summed E-state index contributed by atoms with van der Waals surface area (Å²) in [6, 6.07) is 21.3. The number of nitrogens with zero attached hydrogens (tertiary/aromatic N) is 2. The molecule has 1 saturated heterocycles. The van der Waals surface area contributed by atoms with E-state index >= 15 is 0 Å². The van der Waals surface area contributed by atoms with Crippen LogP contribution in [0.1, 0.15) is 26.3 Å². The first-order valence-corrected chi connectivity index (χ1v) is 13.1. The Morgan fingerprint density at radius 1 is 0.914 bits per heavy atom. The Morgan fingerprint density at radius 2 is 1.57 bits per heavy atom. The van der Waals surface area contributed by atoms with Gasteiger partial charge in [0.05, 0.1) is 11.8 Å². The molecule has 1 amide bonds. The summed E-state index contributed by atoms with van der Waals surface area (Å²) in [5.74, 6) is -1.49. The molecule has 0 bridgehead atoms. The summed E-state index contributed by atoms with van der Waals surface area (Å²) in [4.78, 5) is 26.8. The fraction of sp³-hybridized carbons (Fsp3) is 0.231. The van der Waals surface area contributed by atoms with Gasteiger partial charge in [0.15, 0.2) is 0 Å². The van der Waals surface area contributed by atoms with Gasteiger partial charge in [-0.3, -0.25) is 9.69 Å². The van der Waals surface area contributed by atoms with Crippen molar-refractivity contribution in [2.75, 3.05) is 37.8 Å². The lowest BCUT2D eigenvalue weighted by molar-refractivity contribution is 0.0697. The molecular formula is C26H27N3O5S. The predicted octanol–water partition coefficient (Wildman–Crippen LogP) is 3.38. The summed E-state index contributed by atoms with van der Waals surface area (Å²) in [5, 5.41) is 12.3. The summed E-state index contributed by atoms with van der Waals surface area (Å²) >= 11 is 0. The maximum Gasteiger partial charge on any atom is 0.335 e. The van der Waals surface area contributed by atoms with E-state index in [0.29, 0.717) is 44.0 Å². The Hall–Kier alpha value is -3.53. The molecule has 1 fully saturated rings. The minimum absolute atomic E-state index is 0.0427. The minimum Gasteiger partial charge on any atom is -0.478 e. The molecule has 2 N–H and O–H groups in total. The molecule has 0 atom stereocenters. The third kappa shape index (κ3) is 6.13. The smallest absolute Gasteiger partial charge is 0.335 e. The van der Waals surface area contributed by atoms with E-state index in [1.165, 1.54) is 22.7 Å². The average Bonchev–Trinajstić information content (AvgIpc) is 2.85. The molecule has 0 unspecified atom stereocenters. The van der Waals surface area contributed by atoms with Gasteiger partial charge in [-0.05, 0) is 41.0 Å². The summed E-state index contributed by atoms with van der Waals surface area (Å²) in [6.45, 7) is 2.96. The number of aromatic carboxylic acids is 1. The van der Waals surface area contributed by atoms with E-state index < -0.39 is 21.9 Å². The van der Waals surface area contributed by atoms with Crippen molar-refractivity contribution < 1.29 is 23.1 Å². The van der Waals surface area contributed by atoms with Crippen LogP contribution < -0.4 is 5.32 Å². The lowest BCUT2D eigenvalue weighted by atomic mass is 9.97. The molecule has 9 heteroatoms. The van der Waals surface area contributed by atoms with Crippen molar-refractivity contribution >= 4 is 27.6 Å². The summed E-state index contributed by atoms with van der Waals surface area (Å²) in [6.07, 6.45) is 1.23. The van der Waals surface area contributed by atoms with Crippen LogP contribution in [0.15, 0.2) is 72.8 Å². The van der Waals surface area contributed by atoms with Crippen LogP contribution in [-0.2, 0) is 16.6 Å². The average molecular weight is 494 g/mol. The van der Waals surface area contributed by atoms with Gasteiger partial charge in [-0.25, -0.2) is 13.2 Å². The van der Waals surface area contributed by atoms with Crippen molar-refractivity contribution in [3.8, 4) is 11.1 Å². The first kappa shape index (κ1) is 24.6. The number of carboxylic acids is 1. The lowest BCUT2D eigenvalue weighted by Crippen LogP contribution is -2.47. The van der Waals surface area contributed by atoms with E-state index in [-0.39, 0.29) is 11.1 Å². The topological polar surface area (TPSA) is 107 Å². The first-order valence-electron chi connectivity index (χ1n) is 11.2. The number of carbonyl (C=O) groups is 2. The normalized spacial score (nSPS) is 15.0. The van der Waals surface area contributed by atoms with Gasteiger partial charge in [0.2, 0.25) is 10.0 Å². The van der Waals surface area contributed by atoms with Gasteiger partial charge in [-0.15, -0.1) is 0 Å². The Bertz CT molecular complexity index is 1320. The van der Waals surface area contributed by atoms with Crippen molar-refractivity contribution in [3.63, 3.8) is 0 Å². The molecular weight excluding hydrogens is 466 g/mol. The molecule has 3 aromatic carbocycles. The molecule has 0 aliphatic carbocycles. The van der Waals surface area contributed by atoms with Crippen LogP contribution in [0.3, 0.4) is 0 Å². The van der Waals surface area contributed by atoms with Gasteiger partial charge < -0.3 is 10.4 Å². The zero-order valence-corrected chi connectivity index (χ0v) is 20.2. The second kappa shape index (κ2) is 10.4. The van der Waals surface area contributed by atoms with Crippen LogP contribution >= 0.6 is 0 Å². The lowest BCUT2D eigenvalue weighted by Gasteiger charge is -2.33. The van der Waals surface area contributed by atoms with E-state index in [9.17, 15) is 23.1 Å². The molecule has 1 aliphatic heterocycles. The van der Waals surface area contributed by atoms with E-state index in [2.05, 4.69) is 10.2 Å². The molecule has 0 saturated carbocycles. The number of hydrogen-bond donors (Lipinski definition) is 2. The highest BCUT2D eigenvalue weighted by Crippen LogP contribution is 2.26. The quantitative estimate of drug-likeness (QED) is 0.523. The van der Waals surface area contributed by atoms with Gasteiger partial charge in [0, 0.05) is 44.0 Å². The van der Waals surface area contributed by atoms with Crippen LogP contribution in [0, 0.1) is 0 Å². The zero-order chi connectivity index (χ0) is 25.0. The molecule has 4 rings (SSSR count). The Labute approximate surface area is 204 Å². The number of carbonyl (C=O) groups excluding carboxylic acids is 1. The molecule has 1 aliphatic rings. The van der Waals surface area contributed by atoms with Crippen LogP contribution in [0.4, 0.5) is 5.69 Å². The van der Waals surface area contributed by atoms with Crippen LogP contribution in [0.2, 0.25) is 0 Å². The second-order valence-corrected chi connectivity index (χ2v) is 10.5. The highest BCUT2D eigenvalue weighted by Gasteiger charge is 2.23. The molecule has 0 radical (unpaired) electrons. The van der Waals surface area contributed by atoms with Crippen molar-refractivity contribution in [3.05, 3.63) is 89.5 Å². The van der Waals surface area contributed by atoms with Crippen LogP contribution in [-0.4, -0.2) is 67.0 Å². The number of nitrogens with one attached hydrogen (secondary N) is 1. The van der Waals surface area contributed by atoms with Gasteiger partial charge in [0.1, 0.15) is 0 Å². The van der Waals surface area contributed by atoms with Gasteiger partial charge >= 0.3 is 5.97 Å². The van der Waals surface area contributed by atoms with Gasteiger partial charge in [-0.2, -0.15) is 4.31 Å². The second-order valence-electron chi connectivity index (χ2n) is 8.52. The predicted molar refractivity (Wildman–Crippen MR) is 135 cm³/mol. The van der Waals surface area contributed by atoms with E-state index in [1.807, 2.05) is 54.6 Å². The van der Waals surface area contributed by atoms with Gasteiger partial charge in [0.25, 0.3) is 5.91 Å². The molecule has 8 nitrogen and oxygen atoms in total.